The van der Waals surface area contributed by atoms with E-state index in [2.05, 4.69) is 20.8 Å². The zero-order chi connectivity index (χ0) is 22.6. The Labute approximate surface area is 187 Å². The Bertz CT molecular complexity index is 666. The normalized spacial score (nSPS) is 50.2. The highest BCUT2D eigenvalue weighted by Gasteiger charge is 2.65. The molecule has 4 rings (SSSR count). The second-order valence-electron chi connectivity index (χ2n) is 11.8. The SMILES string of the molecule is CCOC(=O)CC[C@@H](C)[C@H]1CC[C@H]2[C@@H]3[C@H](O)C[C@@H]4C[C@H](O)CC[C@]4(C)[C@H]3C[C@H](O)[C@]12C. The van der Waals surface area contributed by atoms with Gasteiger partial charge in [0, 0.05) is 6.42 Å². The van der Waals surface area contributed by atoms with Crippen LogP contribution < -0.4 is 0 Å². The fourth-order valence-corrected chi connectivity index (χ4v) is 8.91. The maximum atomic E-state index is 11.9. The number of hydrogen-bond donors (Lipinski definition) is 3. The van der Waals surface area contributed by atoms with Crippen molar-refractivity contribution in [3.8, 4) is 0 Å². The van der Waals surface area contributed by atoms with Gasteiger partial charge in [-0.05, 0) is 105 Å². The van der Waals surface area contributed by atoms with E-state index in [0.29, 0.717) is 42.6 Å². The number of rotatable bonds is 5. The summed E-state index contributed by atoms with van der Waals surface area (Å²) < 4.78 is 5.12. The van der Waals surface area contributed by atoms with Gasteiger partial charge in [-0.3, -0.25) is 4.79 Å². The van der Waals surface area contributed by atoms with Crippen LogP contribution in [0.2, 0.25) is 0 Å². The monoisotopic (exact) mass is 436 g/mol. The number of ether oxygens (including phenoxy) is 1. The minimum Gasteiger partial charge on any atom is -0.466 e. The average molecular weight is 437 g/mol. The Morgan fingerprint density at radius 2 is 1.81 bits per heavy atom. The van der Waals surface area contributed by atoms with Gasteiger partial charge in [0.1, 0.15) is 0 Å². The number of fused-ring (bicyclic) bond motifs is 5. The van der Waals surface area contributed by atoms with Gasteiger partial charge >= 0.3 is 5.97 Å². The van der Waals surface area contributed by atoms with Gasteiger partial charge in [0.2, 0.25) is 0 Å². The maximum absolute atomic E-state index is 11.9. The van der Waals surface area contributed by atoms with Crippen molar-refractivity contribution in [3.63, 3.8) is 0 Å². The number of hydrogen-bond acceptors (Lipinski definition) is 5. The highest BCUT2D eigenvalue weighted by molar-refractivity contribution is 5.69. The average Bonchev–Trinajstić information content (AvgIpc) is 3.07. The van der Waals surface area contributed by atoms with Gasteiger partial charge in [-0.15, -0.1) is 0 Å². The third-order valence-corrected chi connectivity index (χ3v) is 10.6. The molecule has 4 aliphatic carbocycles. The zero-order valence-electron chi connectivity index (χ0n) is 19.9. The smallest absolute Gasteiger partial charge is 0.305 e. The topological polar surface area (TPSA) is 87.0 Å². The Morgan fingerprint density at radius 3 is 2.52 bits per heavy atom. The standard InChI is InChI=1S/C26H44O5/c1-5-31-23(30)9-6-15(2)18-7-8-19-24-20(14-22(29)26(18,19)4)25(3)11-10-17(27)12-16(25)13-21(24)28/h15-22,24,27-29H,5-14H2,1-4H3/t15-,16+,17-,18-,19+,20+,21-,22+,24+,25+,26-/m1/s1. The van der Waals surface area contributed by atoms with E-state index in [1.165, 1.54) is 0 Å². The number of esters is 1. The van der Waals surface area contributed by atoms with Crippen molar-refractivity contribution in [2.75, 3.05) is 6.61 Å². The first kappa shape index (κ1) is 23.5. The summed E-state index contributed by atoms with van der Waals surface area (Å²) in [6.45, 7) is 9.13. The van der Waals surface area contributed by atoms with Gasteiger partial charge in [0.25, 0.3) is 0 Å². The highest BCUT2D eigenvalue weighted by atomic mass is 16.5. The van der Waals surface area contributed by atoms with Crippen LogP contribution in [0.1, 0.15) is 85.5 Å². The van der Waals surface area contributed by atoms with Gasteiger partial charge in [0.15, 0.2) is 0 Å². The third kappa shape index (κ3) is 3.77. The van der Waals surface area contributed by atoms with Crippen LogP contribution in [-0.4, -0.2) is 46.2 Å². The lowest BCUT2D eigenvalue weighted by molar-refractivity contribution is -0.207. The van der Waals surface area contributed by atoms with Crippen LogP contribution in [0.3, 0.4) is 0 Å². The summed E-state index contributed by atoms with van der Waals surface area (Å²) in [5.41, 5.74) is -0.0906. The molecule has 4 saturated carbocycles. The minimum absolute atomic E-state index is 0.110. The van der Waals surface area contributed by atoms with Crippen LogP contribution in [-0.2, 0) is 9.53 Å². The molecule has 31 heavy (non-hydrogen) atoms. The van der Waals surface area contributed by atoms with Gasteiger partial charge in [0.05, 0.1) is 24.9 Å². The predicted molar refractivity (Wildman–Crippen MR) is 119 cm³/mol. The lowest BCUT2D eigenvalue weighted by Gasteiger charge is -2.63. The Kier molecular flexibility index (Phi) is 6.53. The first-order valence-corrected chi connectivity index (χ1v) is 12.8. The molecule has 3 N–H and O–H groups in total. The van der Waals surface area contributed by atoms with Crippen molar-refractivity contribution < 1.29 is 24.9 Å². The van der Waals surface area contributed by atoms with Crippen LogP contribution in [0.4, 0.5) is 0 Å². The van der Waals surface area contributed by atoms with E-state index in [4.69, 9.17) is 4.74 Å². The molecule has 0 amide bonds. The van der Waals surface area contributed by atoms with Crippen molar-refractivity contribution in [2.24, 2.45) is 46.3 Å². The van der Waals surface area contributed by atoms with Crippen molar-refractivity contribution in [1.82, 2.24) is 0 Å². The van der Waals surface area contributed by atoms with Crippen LogP contribution >= 0.6 is 0 Å². The molecular formula is C26H44O5. The maximum Gasteiger partial charge on any atom is 0.305 e. The molecule has 0 aliphatic heterocycles. The van der Waals surface area contributed by atoms with Crippen LogP contribution in [0.25, 0.3) is 0 Å². The summed E-state index contributed by atoms with van der Waals surface area (Å²) in [4.78, 5) is 11.9. The summed E-state index contributed by atoms with van der Waals surface area (Å²) in [6, 6.07) is 0. The van der Waals surface area contributed by atoms with Crippen LogP contribution in [0.5, 0.6) is 0 Å². The van der Waals surface area contributed by atoms with E-state index in [0.717, 1.165) is 51.4 Å². The van der Waals surface area contributed by atoms with E-state index in [1.807, 2.05) is 6.92 Å². The predicted octanol–water partition coefficient (Wildman–Crippen LogP) is 3.93. The van der Waals surface area contributed by atoms with Crippen LogP contribution in [0, 0.1) is 46.3 Å². The molecule has 11 atom stereocenters. The van der Waals surface area contributed by atoms with Crippen molar-refractivity contribution in [2.45, 2.75) is 104 Å². The minimum atomic E-state index is -0.370. The Balaban J connectivity index is 1.54. The number of aliphatic hydroxyl groups is 3. The lowest BCUT2D eigenvalue weighted by Crippen LogP contribution is -2.62. The molecule has 0 aromatic heterocycles. The zero-order valence-corrected chi connectivity index (χ0v) is 19.9. The Hall–Kier alpha value is -0.650. The van der Waals surface area contributed by atoms with Gasteiger partial charge < -0.3 is 20.1 Å². The molecule has 0 aromatic rings. The van der Waals surface area contributed by atoms with E-state index in [9.17, 15) is 20.1 Å². The third-order valence-electron chi connectivity index (χ3n) is 10.6. The van der Waals surface area contributed by atoms with Crippen molar-refractivity contribution in [1.29, 1.82) is 0 Å². The van der Waals surface area contributed by atoms with Gasteiger partial charge in [-0.2, -0.15) is 0 Å². The second kappa shape index (κ2) is 8.61. The molecule has 0 bridgehead atoms. The fraction of sp³-hybridized carbons (Fsp3) is 0.962. The summed E-state index contributed by atoms with van der Waals surface area (Å²) in [6.07, 6.45) is 6.62. The molecule has 178 valence electrons. The number of carbonyl (C=O) groups excluding carboxylic acids is 1. The van der Waals surface area contributed by atoms with E-state index >= 15 is 0 Å². The molecular weight excluding hydrogens is 392 g/mol. The van der Waals surface area contributed by atoms with Gasteiger partial charge in [-0.25, -0.2) is 0 Å². The van der Waals surface area contributed by atoms with E-state index in [1.54, 1.807) is 0 Å². The van der Waals surface area contributed by atoms with Crippen LogP contribution in [0.15, 0.2) is 0 Å². The molecule has 0 aromatic carbocycles. The number of aliphatic hydroxyl groups excluding tert-OH is 3. The largest absolute Gasteiger partial charge is 0.466 e. The molecule has 0 unspecified atom stereocenters. The highest BCUT2D eigenvalue weighted by Crippen LogP contribution is 2.68. The molecule has 0 saturated heterocycles. The van der Waals surface area contributed by atoms with Crippen molar-refractivity contribution in [3.05, 3.63) is 0 Å². The fourth-order valence-electron chi connectivity index (χ4n) is 8.91. The van der Waals surface area contributed by atoms with Gasteiger partial charge in [-0.1, -0.05) is 20.8 Å². The molecule has 4 fully saturated rings. The number of carbonyl (C=O) groups is 1. The molecule has 0 radical (unpaired) electrons. The Morgan fingerprint density at radius 1 is 1.06 bits per heavy atom. The quantitative estimate of drug-likeness (QED) is 0.569. The van der Waals surface area contributed by atoms with E-state index < -0.39 is 0 Å². The summed E-state index contributed by atoms with van der Waals surface area (Å²) in [7, 11) is 0. The van der Waals surface area contributed by atoms with E-state index in [-0.39, 0.29) is 41.0 Å². The molecule has 4 aliphatic rings. The second-order valence-corrected chi connectivity index (χ2v) is 11.8. The summed E-state index contributed by atoms with van der Waals surface area (Å²) >= 11 is 0. The lowest BCUT2D eigenvalue weighted by atomic mass is 9.43. The van der Waals surface area contributed by atoms with Crippen molar-refractivity contribution >= 4 is 5.97 Å². The molecule has 0 spiro atoms. The summed E-state index contributed by atoms with van der Waals surface area (Å²) in [5.74, 6) is 1.84. The first-order valence-electron chi connectivity index (χ1n) is 12.8. The summed E-state index contributed by atoms with van der Waals surface area (Å²) in [5, 5.41) is 33.1. The molecule has 5 nitrogen and oxygen atoms in total. The molecule has 0 heterocycles. The first-order chi connectivity index (χ1) is 14.6. The molecule has 5 heteroatoms.